The van der Waals surface area contributed by atoms with E-state index in [4.69, 9.17) is 32.7 Å². The van der Waals surface area contributed by atoms with Gasteiger partial charge in [-0.2, -0.15) is 4.31 Å². The predicted molar refractivity (Wildman–Crippen MR) is 145 cm³/mol. The predicted octanol–water partition coefficient (Wildman–Crippen LogP) is 3.67. The maximum Gasteiger partial charge on any atom is 0.342 e. The lowest BCUT2D eigenvalue weighted by Gasteiger charge is -2.16. The molecule has 0 bridgehead atoms. The molecule has 39 heavy (non-hydrogen) atoms. The van der Waals surface area contributed by atoms with Gasteiger partial charge in [-0.05, 0) is 55.6 Å². The Kier molecular flexibility index (Phi) is 9.05. The van der Waals surface area contributed by atoms with Crippen LogP contribution in [-0.4, -0.2) is 74.9 Å². The van der Waals surface area contributed by atoms with Crippen LogP contribution in [0.2, 0.25) is 10.0 Å². The van der Waals surface area contributed by atoms with E-state index in [1.165, 1.54) is 24.3 Å². The van der Waals surface area contributed by atoms with E-state index in [1.54, 1.807) is 19.9 Å². The van der Waals surface area contributed by atoms with Crippen LogP contribution >= 0.6 is 23.2 Å². The number of sulfonamides is 1. The van der Waals surface area contributed by atoms with Gasteiger partial charge >= 0.3 is 5.97 Å². The molecule has 210 valence electrons. The molecule has 0 aromatic heterocycles. The number of halogens is 2. The molecule has 1 saturated heterocycles. The van der Waals surface area contributed by atoms with Gasteiger partial charge in [0.2, 0.25) is 0 Å². The molecule has 13 heteroatoms. The summed E-state index contributed by atoms with van der Waals surface area (Å²) in [5.41, 5.74) is 0.257. The highest BCUT2D eigenvalue weighted by Gasteiger charge is 2.44. The van der Waals surface area contributed by atoms with E-state index in [1.807, 2.05) is 0 Å². The summed E-state index contributed by atoms with van der Waals surface area (Å²) in [6.07, 6.45) is 2.32. The molecule has 0 aliphatic carbocycles. The molecule has 2 aromatic carbocycles. The first-order chi connectivity index (χ1) is 18.5. The van der Waals surface area contributed by atoms with Gasteiger partial charge in [-0.25, -0.2) is 13.2 Å². The molecule has 0 radical (unpaired) electrons. The third-order valence-corrected chi connectivity index (χ3v) is 8.89. The van der Waals surface area contributed by atoms with Crippen LogP contribution in [0.15, 0.2) is 35.2 Å². The summed E-state index contributed by atoms with van der Waals surface area (Å²) < 4.78 is 37.9. The fourth-order valence-electron chi connectivity index (χ4n) is 4.50. The van der Waals surface area contributed by atoms with E-state index >= 15 is 0 Å². The fourth-order valence-corrected chi connectivity index (χ4v) is 6.52. The van der Waals surface area contributed by atoms with E-state index in [-0.39, 0.29) is 50.2 Å². The lowest BCUT2D eigenvalue weighted by Crippen LogP contribution is -2.35. The number of fused-ring (bicyclic) bond motifs is 1. The van der Waals surface area contributed by atoms with Crippen molar-refractivity contribution < 1.29 is 32.3 Å². The lowest BCUT2D eigenvalue weighted by molar-refractivity contribution is -0.123. The van der Waals surface area contributed by atoms with E-state index in [0.29, 0.717) is 16.4 Å². The largest absolute Gasteiger partial charge is 0.484 e. The standard InChI is InChI=1S/C26H29Cl2N3O7S/c1-16(2)18-12-17(37-14-22(32)29-8-11-30-9-3-4-10-30)13-21-23(18)25(33)31(39(21,35)36)15-38-26(34)24-19(27)6-5-7-20(24)28/h5-7,12-13,16H,3-4,8-11,14-15H2,1-2H3,(H,29,32). The summed E-state index contributed by atoms with van der Waals surface area (Å²) in [7, 11) is -4.38. The maximum atomic E-state index is 13.3. The molecule has 2 aromatic rings. The van der Waals surface area contributed by atoms with E-state index in [9.17, 15) is 22.8 Å². The molecule has 1 N–H and O–H groups in total. The number of rotatable bonds is 10. The monoisotopic (exact) mass is 597 g/mol. The smallest absolute Gasteiger partial charge is 0.342 e. The van der Waals surface area contributed by atoms with Crippen LogP contribution in [0.3, 0.4) is 0 Å². The molecule has 1 fully saturated rings. The molecule has 0 atom stereocenters. The molecule has 10 nitrogen and oxygen atoms in total. The zero-order valence-electron chi connectivity index (χ0n) is 21.5. The Morgan fingerprint density at radius 1 is 1.10 bits per heavy atom. The Morgan fingerprint density at radius 3 is 2.41 bits per heavy atom. The number of carbonyl (C=O) groups excluding carboxylic acids is 3. The second-order valence-electron chi connectivity index (χ2n) is 9.54. The molecule has 2 aliphatic heterocycles. The number of carbonyl (C=O) groups is 3. The van der Waals surface area contributed by atoms with Crippen LogP contribution in [0.4, 0.5) is 0 Å². The van der Waals surface area contributed by atoms with Gasteiger partial charge < -0.3 is 19.7 Å². The molecular formula is C26H29Cl2N3O7S. The highest BCUT2D eigenvalue weighted by Crippen LogP contribution is 2.39. The van der Waals surface area contributed by atoms with Gasteiger partial charge in [-0.15, -0.1) is 0 Å². The number of amides is 2. The average Bonchev–Trinajstić information content (AvgIpc) is 3.46. The summed E-state index contributed by atoms with van der Waals surface area (Å²) in [5, 5.41) is 2.84. The zero-order chi connectivity index (χ0) is 28.3. The van der Waals surface area contributed by atoms with Crippen molar-refractivity contribution in [3.05, 3.63) is 57.1 Å². The molecule has 2 heterocycles. The minimum atomic E-state index is -4.38. The van der Waals surface area contributed by atoms with Crippen molar-refractivity contribution in [2.24, 2.45) is 0 Å². The van der Waals surface area contributed by atoms with Crippen LogP contribution < -0.4 is 10.1 Å². The normalized spacial score (nSPS) is 16.4. The molecule has 0 saturated carbocycles. The number of ether oxygens (including phenoxy) is 2. The van der Waals surface area contributed by atoms with Crippen LogP contribution in [-0.2, 0) is 19.6 Å². The number of esters is 1. The molecule has 0 unspecified atom stereocenters. The first-order valence-electron chi connectivity index (χ1n) is 12.5. The van der Waals surface area contributed by atoms with Crippen molar-refractivity contribution in [2.45, 2.75) is 37.5 Å². The van der Waals surface area contributed by atoms with E-state index in [2.05, 4.69) is 10.2 Å². The Labute approximate surface area is 237 Å². The number of hydrogen-bond donors (Lipinski definition) is 1. The van der Waals surface area contributed by atoms with Crippen LogP contribution in [0.5, 0.6) is 5.75 Å². The molecular weight excluding hydrogens is 569 g/mol. The Bertz CT molecular complexity index is 1370. The van der Waals surface area contributed by atoms with Crippen molar-refractivity contribution in [1.29, 1.82) is 0 Å². The van der Waals surface area contributed by atoms with Gasteiger partial charge in [-0.3, -0.25) is 9.59 Å². The molecule has 0 spiro atoms. The summed E-state index contributed by atoms with van der Waals surface area (Å²) in [6.45, 7) is 5.70. The Hall–Kier alpha value is -2.86. The van der Waals surface area contributed by atoms with Gasteiger partial charge in [0.1, 0.15) is 10.6 Å². The maximum absolute atomic E-state index is 13.3. The minimum absolute atomic E-state index is 0.0235. The van der Waals surface area contributed by atoms with E-state index in [0.717, 1.165) is 32.5 Å². The van der Waals surface area contributed by atoms with Gasteiger partial charge in [-0.1, -0.05) is 43.1 Å². The van der Waals surface area contributed by atoms with Gasteiger partial charge in [0, 0.05) is 19.2 Å². The first kappa shape index (κ1) is 29.1. The number of benzene rings is 2. The Balaban J connectivity index is 1.47. The SMILES string of the molecule is CC(C)c1cc(OCC(=O)NCCN2CCCC2)cc2c1C(=O)N(COC(=O)c1c(Cl)cccc1Cl)S2(=O)=O. The van der Waals surface area contributed by atoms with Crippen molar-refractivity contribution in [2.75, 3.05) is 39.5 Å². The number of nitrogens with one attached hydrogen (secondary N) is 1. The minimum Gasteiger partial charge on any atom is -0.484 e. The van der Waals surface area contributed by atoms with Crippen LogP contribution in [0.1, 0.15) is 58.9 Å². The highest BCUT2D eigenvalue weighted by atomic mass is 35.5. The molecule has 2 aliphatic rings. The van der Waals surface area contributed by atoms with E-state index < -0.39 is 28.6 Å². The van der Waals surface area contributed by atoms with Crippen LogP contribution in [0.25, 0.3) is 0 Å². The third-order valence-electron chi connectivity index (χ3n) is 6.54. The van der Waals surface area contributed by atoms with Gasteiger partial charge in [0.15, 0.2) is 13.3 Å². The quantitative estimate of drug-likeness (QED) is 0.412. The second-order valence-corrected chi connectivity index (χ2v) is 12.2. The highest BCUT2D eigenvalue weighted by molar-refractivity contribution is 7.90. The van der Waals surface area contributed by atoms with Gasteiger partial charge in [0.25, 0.3) is 21.8 Å². The summed E-state index contributed by atoms with van der Waals surface area (Å²) in [6, 6.07) is 7.16. The molecule has 4 rings (SSSR count). The number of nitrogens with zero attached hydrogens (tertiary/aromatic N) is 2. The molecule has 2 amide bonds. The van der Waals surface area contributed by atoms with Crippen LogP contribution in [0, 0.1) is 0 Å². The van der Waals surface area contributed by atoms with Crippen molar-refractivity contribution in [1.82, 2.24) is 14.5 Å². The summed E-state index contributed by atoms with van der Waals surface area (Å²) in [4.78, 5) is 40.1. The van der Waals surface area contributed by atoms with Crippen molar-refractivity contribution in [3.8, 4) is 5.75 Å². The van der Waals surface area contributed by atoms with Crippen molar-refractivity contribution in [3.63, 3.8) is 0 Å². The number of likely N-dealkylation sites (tertiary alicyclic amines) is 1. The Morgan fingerprint density at radius 2 is 1.77 bits per heavy atom. The summed E-state index contributed by atoms with van der Waals surface area (Å²) in [5.74, 6) is -2.27. The topological polar surface area (TPSA) is 122 Å². The average molecular weight is 599 g/mol. The first-order valence-corrected chi connectivity index (χ1v) is 14.7. The van der Waals surface area contributed by atoms with Crippen molar-refractivity contribution >= 4 is 51.0 Å². The fraction of sp³-hybridized carbons (Fsp3) is 0.423. The van der Waals surface area contributed by atoms with Gasteiger partial charge in [0.05, 0.1) is 21.2 Å². The number of hydrogen-bond acceptors (Lipinski definition) is 8. The zero-order valence-corrected chi connectivity index (χ0v) is 23.9. The lowest BCUT2D eigenvalue weighted by atomic mass is 9.96. The summed E-state index contributed by atoms with van der Waals surface area (Å²) >= 11 is 12.1. The third kappa shape index (κ3) is 6.32. The second kappa shape index (κ2) is 12.1.